The molecular weight excluding hydrogens is 250 g/mol. The molecule has 3 heteroatoms. The van der Waals surface area contributed by atoms with Crippen molar-refractivity contribution in [2.75, 3.05) is 13.7 Å². The molecule has 1 aromatic heterocycles. The van der Waals surface area contributed by atoms with Crippen molar-refractivity contribution in [3.8, 4) is 5.75 Å². The summed E-state index contributed by atoms with van der Waals surface area (Å²) in [5.74, 6) is 1.90. The van der Waals surface area contributed by atoms with Gasteiger partial charge in [-0.2, -0.15) is 0 Å². The Kier molecular flexibility index (Phi) is 4.85. The fraction of sp³-hybridized carbons (Fsp3) is 0.412. The molecule has 1 unspecified atom stereocenters. The number of hydrogen-bond acceptors (Lipinski definition) is 3. The van der Waals surface area contributed by atoms with Crippen molar-refractivity contribution in [3.05, 3.63) is 53.0 Å². The highest BCUT2D eigenvalue weighted by Crippen LogP contribution is 2.29. The molecule has 0 aliphatic rings. The van der Waals surface area contributed by atoms with Crippen LogP contribution in [0, 0.1) is 13.8 Å². The molecule has 20 heavy (non-hydrogen) atoms. The maximum atomic E-state index is 5.68. The van der Waals surface area contributed by atoms with Crippen LogP contribution in [-0.2, 0) is 0 Å². The zero-order valence-corrected chi connectivity index (χ0v) is 12.7. The first kappa shape index (κ1) is 14.7. The zero-order chi connectivity index (χ0) is 14.5. The number of methoxy groups -OCH3 is 1. The summed E-state index contributed by atoms with van der Waals surface area (Å²) in [4.78, 5) is 0. The van der Waals surface area contributed by atoms with Gasteiger partial charge in [0, 0.05) is 0 Å². The first-order valence-corrected chi connectivity index (χ1v) is 7.09. The summed E-state index contributed by atoms with van der Waals surface area (Å²) >= 11 is 0. The molecule has 108 valence electrons. The Labute approximate surface area is 121 Å². The molecule has 3 nitrogen and oxygen atoms in total. The van der Waals surface area contributed by atoms with E-state index in [4.69, 9.17) is 9.15 Å². The Bertz CT molecular complexity index is 560. The van der Waals surface area contributed by atoms with Crippen LogP contribution >= 0.6 is 0 Å². The lowest BCUT2D eigenvalue weighted by Crippen LogP contribution is -2.23. The third-order valence-corrected chi connectivity index (χ3v) is 3.51. The molecule has 0 saturated carbocycles. The van der Waals surface area contributed by atoms with E-state index in [-0.39, 0.29) is 6.04 Å². The van der Waals surface area contributed by atoms with Crippen LogP contribution in [0.1, 0.15) is 41.8 Å². The molecule has 0 aliphatic carbocycles. The Morgan fingerprint density at radius 1 is 1.20 bits per heavy atom. The lowest BCUT2D eigenvalue weighted by atomic mass is 9.99. The van der Waals surface area contributed by atoms with E-state index < -0.39 is 0 Å². The Morgan fingerprint density at radius 2 is 2.00 bits per heavy atom. The van der Waals surface area contributed by atoms with E-state index in [9.17, 15) is 0 Å². The number of ether oxygens (including phenoxy) is 1. The van der Waals surface area contributed by atoms with E-state index in [0.29, 0.717) is 0 Å². The molecule has 0 fully saturated rings. The second kappa shape index (κ2) is 6.62. The quantitative estimate of drug-likeness (QED) is 0.864. The average Bonchev–Trinajstić information content (AvgIpc) is 2.86. The molecule has 0 radical (unpaired) electrons. The lowest BCUT2D eigenvalue weighted by Gasteiger charge is -2.19. The Balaban J connectivity index is 2.36. The fourth-order valence-electron chi connectivity index (χ4n) is 2.41. The van der Waals surface area contributed by atoms with E-state index in [0.717, 1.165) is 30.0 Å². The molecule has 0 amide bonds. The van der Waals surface area contributed by atoms with Crippen molar-refractivity contribution in [1.29, 1.82) is 0 Å². The summed E-state index contributed by atoms with van der Waals surface area (Å²) in [5.41, 5.74) is 3.51. The maximum Gasteiger partial charge on any atom is 0.128 e. The van der Waals surface area contributed by atoms with Crippen LogP contribution < -0.4 is 10.1 Å². The van der Waals surface area contributed by atoms with Crippen LogP contribution in [0.15, 0.2) is 34.9 Å². The van der Waals surface area contributed by atoms with Gasteiger partial charge in [0.2, 0.25) is 0 Å². The monoisotopic (exact) mass is 273 g/mol. The number of benzene rings is 1. The molecule has 1 aromatic carbocycles. The van der Waals surface area contributed by atoms with Gasteiger partial charge in [-0.1, -0.05) is 19.1 Å². The van der Waals surface area contributed by atoms with Gasteiger partial charge in [0.25, 0.3) is 0 Å². The molecule has 2 rings (SSSR count). The average molecular weight is 273 g/mol. The molecule has 0 spiro atoms. The molecule has 2 aromatic rings. The molecule has 1 atom stereocenters. The molecule has 0 aliphatic heterocycles. The van der Waals surface area contributed by atoms with Crippen molar-refractivity contribution in [2.45, 2.75) is 33.2 Å². The van der Waals surface area contributed by atoms with Crippen molar-refractivity contribution in [1.82, 2.24) is 5.32 Å². The minimum atomic E-state index is 0.0922. The van der Waals surface area contributed by atoms with Gasteiger partial charge in [0.1, 0.15) is 11.5 Å². The highest BCUT2D eigenvalue weighted by atomic mass is 16.5. The highest BCUT2D eigenvalue weighted by Gasteiger charge is 2.19. The summed E-state index contributed by atoms with van der Waals surface area (Å²) in [7, 11) is 1.70. The van der Waals surface area contributed by atoms with Crippen LogP contribution in [0.2, 0.25) is 0 Å². The molecular formula is C17H23NO2. The molecule has 0 saturated heterocycles. The van der Waals surface area contributed by atoms with Gasteiger partial charge in [0.05, 0.1) is 19.4 Å². The van der Waals surface area contributed by atoms with E-state index in [1.807, 2.05) is 12.1 Å². The van der Waals surface area contributed by atoms with Gasteiger partial charge in [-0.25, -0.2) is 0 Å². The van der Waals surface area contributed by atoms with E-state index in [2.05, 4.69) is 38.2 Å². The SMILES string of the molecule is CCCNC(c1ccc(OC)c(C)c1)c1occc1C. The number of furan rings is 1. The van der Waals surface area contributed by atoms with E-state index in [1.54, 1.807) is 13.4 Å². The standard InChI is InChI=1S/C17H23NO2/c1-5-9-18-16(17-12(2)8-10-20-17)14-6-7-15(19-4)13(3)11-14/h6-8,10-11,16,18H,5,9H2,1-4H3. The second-order valence-electron chi connectivity index (χ2n) is 5.08. The van der Waals surface area contributed by atoms with Gasteiger partial charge in [-0.05, 0) is 55.6 Å². The molecule has 1 N–H and O–H groups in total. The van der Waals surface area contributed by atoms with Gasteiger partial charge in [-0.15, -0.1) is 0 Å². The van der Waals surface area contributed by atoms with Gasteiger partial charge in [0.15, 0.2) is 0 Å². The lowest BCUT2D eigenvalue weighted by molar-refractivity contribution is 0.410. The number of aryl methyl sites for hydroxylation is 2. The second-order valence-corrected chi connectivity index (χ2v) is 5.08. The first-order valence-electron chi connectivity index (χ1n) is 7.09. The van der Waals surface area contributed by atoms with Gasteiger partial charge >= 0.3 is 0 Å². The zero-order valence-electron chi connectivity index (χ0n) is 12.7. The van der Waals surface area contributed by atoms with Crippen LogP contribution in [0.25, 0.3) is 0 Å². The summed E-state index contributed by atoms with van der Waals surface area (Å²) < 4.78 is 11.0. The number of hydrogen-bond donors (Lipinski definition) is 1. The maximum absolute atomic E-state index is 5.68. The first-order chi connectivity index (χ1) is 9.67. The summed E-state index contributed by atoms with van der Waals surface area (Å²) in [6.07, 6.45) is 2.84. The predicted octanol–water partition coefficient (Wildman–Crippen LogP) is 3.99. The van der Waals surface area contributed by atoms with Crippen molar-refractivity contribution < 1.29 is 9.15 Å². The van der Waals surface area contributed by atoms with Crippen molar-refractivity contribution in [3.63, 3.8) is 0 Å². The molecule has 1 heterocycles. The fourth-order valence-corrected chi connectivity index (χ4v) is 2.41. The Hall–Kier alpha value is -1.74. The van der Waals surface area contributed by atoms with E-state index >= 15 is 0 Å². The van der Waals surface area contributed by atoms with Gasteiger partial charge in [-0.3, -0.25) is 0 Å². The minimum Gasteiger partial charge on any atom is -0.496 e. The summed E-state index contributed by atoms with van der Waals surface area (Å²) in [5, 5.41) is 3.56. The number of nitrogens with one attached hydrogen (secondary N) is 1. The predicted molar refractivity (Wildman–Crippen MR) is 81.3 cm³/mol. The third kappa shape index (κ3) is 3.05. The van der Waals surface area contributed by atoms with E-state index in [1.165, 1.54) is 11.1 Å². The highest BCUT2D eigenvalue weighted by molar-refractivity contribution is 5.40. The smallest absolute Gasteiger partial charge is 0.128 e. The van der Waals surface area contributed by atoms with Crippen LogP contribution in [0.3, 0.4) is 0 Å². The normalized spacial score (nSPS) is 12.4. The van der Waals surface area contributed by atoms with Crippen molar-refractivity contribution >= 4 is 0 Å². The minimum absolute atomic E-state index is 0.0922. The topological polar surface area (TPSA) is 34.4 Å². The summed E-state index contributed by atoms with van der Waals surface area (Å²) in [6.45, 7) is 7.26. The van der Waals surface area contributed by atoms with Crippen LogP contribution in [0.5, 0.6) is 5.75 Å². The molecule has 0 bridgehead atoms. The summed E-state index contributed by atoms with van der Waals surface area (Å²) in [6, 6.07) is 8.38. The number of rotatable bonds is 6. The van der Waals surface area contributed by atoms with Crippen LogP contribution in [0.4, 0.5) is 0 Å². The Morgan fingerprint density at radius 3 is 2.55 bits per heavy atom. The van der Waals surface area contributed by atoms with Crippen molar-refractivity contribution in [2.24, 2.45) is 0 Å². The van der Waals surface area contributed by atoms with Gasteiger partial charge < -0.3 is 14.5 Å². The largest absolute Gasteiger partial charge is 0.496 e. The van der Waals surface area contributed by atoms with Crippen LogP contribution in [-0.4, -0.2) is 13.7 Å². The third-order valence-electron chi connectivity index (χ3n) is 3.51.